The summed E-state index contributed by atoms with van der Waals surface area (Å²) in [7, 11) is 0. The molecule has 0 saturated heterocycles. The molecule has 2 aromatic heterocycles. The maximum absolute atomic E-state index is 12.7. The Kier molecular flexibility index (Phi) is 5.85. The Morgan fingerprint density at radius 1 is 1.03 bits per heavy atom. The molecule has 0 aliphatic rings. The van der Waals surface area contributed by atoms with Crippen molar-refractivity contribution >= 4 is 11.6 Å². The van der Waals surface area contributed by atoms with Gasteiger partial charge in [0, 0.05) is 6.20 Å². The fourth-order valence-corrected chi connectivity index (χ4v) is 3.74. The number of pyridine rings is 1. The van der Waals surface area contributed by atoms with E-state index < -0.39 is 11.7 Å². The van der Waals surface area contributed by atoms with E-state index in [1.165, 1.54) is 0 Å². The summed E-state index contributed by atoms with van der Waals surface area (Å²) in [6.07, 6.45) is 2.01. The molecule has 1 N–H and O–H groups in total. The minimum Gasteiger partial charge on any atom is -0.456 e. The zero-order valence-electron chi connectivity index (χ0n) is 18.9. The summed E-state index contributed by atoms with van der Waals surface area (Å²) in [5.74, 6) is -0.351. The number of carbonyl (C=O) groups excluding carboxylic acids is 1. The molecular formula is C27H28N2O3. The standard InChI is InChI=1S/C27H28N2O3/c1-5-20-17-29-23(11-8-12-24(29)28-20)25(30)19-15-13-18(14-16-19)21-9-6-7-10-22(21)26(31)32-27(2,3)4/h6-17,25,30H,5H2,1-4H3/t25-/m1/s1. The Balaban J connectivity index is 1.65. The summed E-state index contributed by atoms with van der Waals surface area (Å²) in [6, 6.07) is 20.8. The second-order valence-corrected chi connectivity index (χ2v) is 8.84. The first kappa shape index (κ1) is 21.8. The lowest BCUT2D eigenvalue weighted by Gasteiger charge is -2.20. The van der Waals surface area contributed by atoms with Gasteiger partial charge in [-0.1, -0.05) is 55.5 Å². The molecule has 1 atom stereocenters. The average Bonchev–Trinajstić information content (AvgIpc) is 3.21. The Bertz CT molecular complexity index is 1250. The third-order valence-corrected chi connectivity index (χ3v) is 5.30. The van der Waals surface area contributed by atoms with Crippen molar-refractivity contribution in [1.82, 2.24) is 9.38 Å². The molecule has 5 heteroatoms. The van der Waals surface area contributed by atoms with E-state index >= 15 is 0 Å². The van der Waals surface area contributed by atoms with Gasteiger partial charge in [0.2, 0.25) is 0 Å². The normalized spacial score (nSPS) is 12.7. The molecule has 0 fully saturated rings. The average molecular weight is 429 g/mol. The number of benzene rings is 2. The van der Waals surface area contributed by atoms with Crippen LogP contribution in [0.4, 0.5) is 0 Å². The summed E-state index contributed by atoms with van der Waals surface area (Å²) in [4.78, 5) is 17.3. The van der Waals surface area contributed by atoms with Gasteiger partial charge in [-0.2, -0.15) is 0 Å². The maximum Gasteiger partial charge on any atom is 0.339 e. The second-order valence-electron chi connectivity index (χ2n) is 8.84. The van der Waals surface area contributed by atoms with Crippen LogP contribution in [0.3, 0.4) is 0 Å². The summed E-state index contributed by atoms with van der Waals surface area (Å²) in [6.45, 7) is 7.63. The quantitative estimate of drug-likeness (QED) is 0.420. The number of aliphatic hydroxyl groups is 1. The summed E-state index contributed by atoms with van der Waals surface area (Å²) in [5, 5.41) is 11.1. The van der Waals surface area contributed by atoms with E-state index in [-0.39, 0.29) is 5.97 Å². The van der Waals surface area contributed by atoms with Gasteiger partial charge in [0.25, 0.3) is 0 Å². The van der Waals surface area contributed by atoms with Crippen LogP contribution in [0.1, 0.15) is 61.1 Å². The van der Waals surface area contributed by atoms with Gasteiger partial charge in [0.15, 0.2) is 0 Å². The zero-order chi connectivity index (χ0) is 22.9. The highest BCUT2D eigenvalue weighted by Gasteiger charge is 2.21. The van der Waals surface area contributed by atoms with Crippen molar-refractivity contribution in [1.29, 1.82) is 0 Å². The molecule has 0 amide bonds. The van der Waals surface area contributed by atoms with E-state index in [2.05, 4.69) is 11.9 Å². The van der Waals surface area contributed by atoms with E-state index in [4.69, 9.17) is 4.74 Å². The van der Waals surface area contributed by atoms with Gasteiger partial charge in [0.1, 0.15) is 17.4 Å². The molecule has 5 nitrogen and oxygen atoms in total. The number of aromatic nitrogens is 2. The highest BCUT2D eigenvalue weighted by atomic mass is 16.6. The van der Waals surface area contributed by atoms with Gasteiger partial charge >= 0.3 is 5.97 Å². The smallest absolute Gasteiger partial charge is 0.339 e. The maximum atomic E-state index is 12.7. The molecule has 0 aliphatic carbocycles. The van der Waals surface area contributed by atoms with Gasteiger partial charge < -0.3 is 14.2 Å². The Morgan fingerprint density at radius 3 is 2.44 bits per heavy atom. The van der Waals surface area contributed by atoms with E-state index in [9.17, 15) is 9.90 Å². The van der Waals surface area contributed by atoms with Crippen LogP contribution in [0.15, 0.2) is 72.9 Å². The Morgan fingerprint density at radius 2 is 1.75 bits per heavy atom. The molecule has 0 spiro atoms. The van der Waals surface area contributed by atoms with E-state index in [1.54, 1.807) is 6.07 Å². The third-order valence-electron chi connectivity index (χ3n) is 5.30. The number of hydrogen-bond acceptors (Lipinski definition) is 4. The minimum atomic E-state index is -0.798. The van der Waals surface area contributed by atoms with Gasteiger partial charge in [-0.3, -0.25) is 0 Å². The Hall–Kier alpha value is -3.44. The first-order chi connectivity index (χ1) is 15.3. The number of rotatable bonds is 5. The van der Waals surface area contributed by atoms with Gasteiger partial charge in [-0.05, 0) is 62.1 Å². The van der Waals surface area contributed by atoms with Crippen LogP contribution in [0, 0.1) is 0 Å². The molecule has 2 heterocycles. The molecule has 0 unspecified atom stereocenters. The molecule has 164 valence electrons. The first-order valence-electron chi connectivity index (χ1n) is 10.8. The monoisotopic (exact) mass is 428 g/mol. The SMILES string of the molecule is CCc1cn2c([C@H](O)c3ccc(-c4ccccc4C(=O)OC(C)(C)C)cc3)cccc2n1. The zero-order valence-corrected chi connectivity index (χ0v) is 18.9. The number of ether oxygens (including phenoxy) is 1. The molecule has 4 rings (SSSR count). The molecule has 2 aromatic carbocycles. The number of imidazole rings is 1. The van der Waals surface area contributed by atoms with Crippen LogP contribution in [0.2, 0.25) is 0 Å². The lowest BCUT2D eigenvalue weighted by atomic mass is 9.97. The lowest BCUT2D eigenvalue weighted by Crippen LogP contribution is -2.24. The number of aliphatic hydroxyl groups excluding tert-OH is 1. The number of fused-ring (bicyclic) bond motifs is 1. The molecule has 32 heavy (non-hydrogen) atoms. The predicted molar refractivity (Wildman–Crippen MR) is 126 cm³/mol. The number of esters is 1. The number of aryl methyl sites for hydroxylation is 1. The van der Waals surface area contributed by atoms with Crippen molar-refractivity contribution in [2.24, 2.45) is 0 Å². The molecule has 0 radical (unpaired) electrons. The topological polar surface area (TPSA) is 63.8 Å². The Labute approximate surface area is 188 Å². The van der Waals surface area contributed by atoms with Gasteiger partial charge in [-0.15, -0.1) is 0 Å². The van der Waals surface area contributed by atoms with Crippen LogP contribution in [0.5, 0.6) is 0 Å². The van der Waals surface area contributed by atoms with Crippen LogP contribution in [-0.4, -0.2) is 26.1 Å². The summed E-state index contributed by atoms with van der Waals surface area (Å²) < 4.78 is 7.51. The van der Waals surface area contributed by atoms with Crippen molar-refractivity contribution in [2.45, 2.75) is 45.8 Å². The van der Waals surface area contributed by atoms with Crippen LogP contribution in [-0.2, 0) is 11.2 Å². The second kappa shape index (κ2) is 8.60. The van der Waals surface area contributed by atoms with E-state index in [0.717, 1.165) is 40.1 Å². The highest BCUT2D eigenvalue weighted by molar-refractivity contribution is 5.97. The first-order valence-corrected chi connectivity index (χ1v) is 10.8. The van der Waals surface area contributed by atoms with Crippen molar-refractivity contribution in [3.05, 3.63) is 95.4 Å². The predicted octanol–water partition coefficient (Wildman–Crippen LogP) is 5.60. The van der Waals surface area contributed by atoms with Crippen molar-refractivity contribution < 1.29 is 14.6 Å². The van der Waals surface area contributed by atoms with Crippen LogP contribution < -0.4 is 0 Å². The van der Waals surface area contributed by atoms with Crippen molar-refractivity contribution in [2.75, 3.05) is 0 Å². The number of hydrogen-bond donors (Lipinski definition) is 1. The van der Waals surface area contributed by atoms with Crippen molar-refractivity contribution in [3.63, 3.8) is 0 Å². The number of carbonyl (C=O) groups is 1. The van der Waals surface area contributed by atoms with Crippen LogP contribution in [0.25, 0.3) is 16.8 Å². The fourth-order valence-electron chi connectivity index (χ4n) is 3.74. The van der Waals surface area contributed by atoms with Crippen LogP contribution >= 0.6 is 0 Å². The molecule has 4 aromatic rings. The molecule has 0 saturated carbocycles. The fraction of sp³-hybridized carbons (Fsp3) is 0.259. The molecular weight excluding hydrogens is 400 g/mol. The van der Waals surface area contributed by atoms with Gasteiger partial charge in [-0.25, -0.2) is 9.78 Å². The lowest BCUT2D eigenvalue weighted by molar-refractivity contribution is 0.00704. The third kappa shape index (κ3) is 4.43. The van der Waals surface area contributed by atoms with E-state index in [0.29, 0.717) is 5.56 Å². The summed E-state index contributed by atoms with van der Waals surface area (Å²) >= 11 is 0. The van der Waals surface area contributed by atoms with Crippen molar-refractivity contribution in [3.8, 4) is 11.1 Å². The highest BCUT2D eigenvalue weighted by Crippen LogP contribution is 2.29. The minimum absolute atomic E-state index is 0.351. The van der Waals surface area contributed by atoms with E-state index in [1.807, 2.05) is 92.0 Å². The molecule has 0 bridgehead atoms. The largest absolute Gasteiger partial charge is 0.456 e. The summed E-state index contributed by atoms with van der Waals surface area (Å²) in [5.41, 5.74) is 4.97. The number of nitrogens with zero attached hydrogens (tertiary/aromatic N) is 2. The molecule has 0 aliphatic heterocycles. The van der Waals surface area contributed by atoms with Gasteiger partial charge in [0.05, 0.1) is 17.0 Å².